The Hall–Kier alpha value is -2.62. The number of hydrogen-bond acceptors (Lipinski definition) is 2. The summed E-state index contributed by atoms with van der Waals surface area (Å²) in [6, 6.07) is 14.7. The number of nitrogens with zero attached hydrogens (tertiary/aromatic N) is 2. The molecule has 0 aliphatic heterocycles. The zero-order valence-electron chi connectivity index (χ0n) is 11.8. The summed E-state index contributed by atoms with van der Waals surface area (Å²) in [7, 11) is 0. The summed E-state index contributed by atoms with van der Waals surface area (Å²) in [6.45, 7) is 2.56. The first-order valence-electron chi connectivity index (χ1n) is 6.81. The van der Waals surface area contributed by atoms with Gasteiger partial charge in [0, 0.05) is 24.0 Å². The molecule has 1 aromatic heterocycles. The molecule has 106 valence electrons. The van der Waals surface area contributed by atoms with Crippen LogP contribution in [-0.4, -0.2) is 9.78 Å². The molecular formula is C17H16FN3. The maximum Gasteiger partial charge on any atom is 0.125 e. The Morgan fingerprint density at radius 3 is 2.76 bits per heavy atom. The number of nitrogens with one attached hydrogen (secondary N) is 1. The van der Waals surface area contributed by atoms with Crippen LogP contribution in [0.2, 0.25) is 0 Å². The van der Waals surface area contributed by atoms with Gasteiger partial charge in [-0.3, -0.25) is 0 Å². The van der Waals surface area contributed by atoms with Crippen molar-refractivity contribution in [2.45, 2.75) is 13.5 Å². The van der Waals surface area contributed by atoms with Crippen LogP contribution < -0.4 is 5.32 Å². The normalized spacial score (nSPS) is 10.6. The fraction of sp³-hybridized carbons (Fsp3) is 0.118. The van der Waals surface area contributed by atoms with Gasteiger partial charge in [0.25, 0.3) is 0 Å². The molecule has 0 bridgehead atoms. The van der Waals surface area contributed by atoms with E-state index in [1.807, 2.05) is 54.3 Å². The highest BCUT2D eigenvalue weighted by Gasteiger charge is 2.03. The van der Waals surface area contributed by atoms with Crippen LogP contribution in [0.25, 0.3) is 5.69 Å². The third-order valence-corrected chi connectivity index (χ3v) is 3.34. The van der Waals surface area contributed by atoms with Crippen molar-refractivity contribution in [3.63, 3.8) is 0 Å². The van der Waals surface area contributed by atoms with E-state index in [1.165, 1.54) is 12.1 Å². The Morgan fingerprint density at radius 2 is 1.95 bits per heavy atom. The number of aryl methyl sites for hydroxylation is 1. The SMILES string of the molecule is Cc1ccc(F)cc1NCc1cnn(-c2ccccc2)c1. The third kappa shape index (κ3) is 3.11. The lowest BCUT2D eigenvalue weighted by Crippen LogP contribution is -2.00. The lowest BCUT2D eigenvalue weighted by molar-refractivity contribution is 0.628. The van der Waals surface area contributed by atoms with Gasteiger partial charge in [-0.15, -0.1) is 0 Å². The lowest BCUT2D eigenvalue weighted by atomic mass is 10.2. The molecule has 0 atom stereocenters. The van der Waals surface area contributed by atoms with E-state index in [2.05, 4.69) is 10.4 Å². The highest BCUT2D eigenvalue weighted by atomic mass is 19.1. The van der Waals surface area contributed by atoms with Crippen LogP contribution in [0.15, 0.2) is 60.9 Å². The van der Waals surface area contributed by atoms with Gasteiger partial charge in [0.15, 0.2) is 0 Å². The van der Waals surface area contributed by atoms with Crippen molar-refractivity contribution < 1.29 is 4.39 Å². The minimum Gasteiger partial charge on any atom is -0.381 e. The van der Waals surface area contributed by atoms with Gasteiger partial charge in [0.1, 0.15) is 5.82 Å². The zero-order valence-corrected chi connectivity index (χ0v) is 11.8. The van der Waals surface area contributed by atoms with Crippen LogP contribution in [0, 0.1) is 12.7 Å². The van der Waals surface area contributed by atoms with E-state index in [1.54, 1.807) is 6.07 Å². The molecule has 3 rings (SSSR count). The van der Waals surface area contributed by atoms with E-state index in [4.69, 9.17) is 0 Å². The molecule has 21 heavy (non-hydrogen) atoms. The smallest absolute Gasteiger partial charge is 0.125 e. The monoisotopic (exact) mass is 281 g/mol. The Kier molecular flexibility index (Phi) is 3.69. The van der Waals surface area contributed by atoms with Gasteiger partial charge in [-0.1, -0.05) is 24.3 Å². The predicted molar refractivity (Wildman–Crippen MR) is 82.0 cm³/mol. The Bertz CT molecular complexity index is 735. The minimum absolute atomic E-state index is 0.233. The van der Waals surface area contributed by atoms with Crippen molar-refractivity contribution in [1.82, 2.24) is 9.78 Å². The van der Waals surface area contributed by atoms with Crippen molar-refractivity contribution >= 4 is 5.69 Å². The standard InChI is InChI=1S/C17H16FN3/c1-13-7-8-15(18)9-17(13)19-10-14-11-20-21(12-14)16-5-3-2-4-6-16/h2-9,11-12,19H,10H2,1H3. The van der Waals surface area contributed by atoms with Gasteiger partial charge in [-0.05, 0) is 36.8 Å². The van der Waals surface area contributed by atoms with Gasteiger partial charge in [-0.25, -0.2) is 9.07 Å². The van der Waals surface area contributed by atoms with Gasteiger partial charge < -0.3 is 5.32 Å². The van der Waals surface area contributed by atoms with Crippen molar-refractivity contribution in [1.29, 1.82) is 0 Å². The molecule has 1 heterocycles. The molecule has 0 amide bonds. The van der Waals surface area contributed by atoms with Crippen LogP contribution in [0.3, 0.4) is 0 Å². The number of benzene rings is 2. The highest BCUT2D eigenvalue weighted by Crippen LogP contribution is 2.17. The van der Waals surface area contributed by atoms with Gasteiger partial charge in [-0.2, -0.15) is 5.10 Å². The maximum absolute atomic E-state index is 13.2. The van der Waals surface area contributed by atoms with Crippen LogP contribution in [0.4, 0.5) is 10.1 Å². The van der Waals surface area contributed by atoms with E-state index in [-0.39, 0.29) is 5.82 Å². The van der Waals surface area contributed by atoms with Crippen LogP contribution in [0.5, 0.6) is 0 Å². The summed E-state index contributed by atoms with van der Waals surface area (Å²) in [5.74, 6) is -0.233. The average Bonchev–Trinajstić information content (AvgIpc) is 2.98. The van der Waals surface area contributed by atoms with Gasteiger partial charge >= 0.3 is 0 Å². The second kappa shape index (κ2) is 5.79. The van der Waals surface area contributed by atoms with Crippen molar-refractivity contribution in [2.24, 2.45) is 0 Å². The lowest BCUT2D eigenvalue weighted by Gasteiger charge is -2.08. The van der Waals surface area contributed by atoms with Crippen LogP contribution in [-0.2, 0) is 6.54 Å². The molecule has 0 spiro atoms. The number of halogens is 1. The van der Waals surface area contributed by atoms with Gasteiger partial charge in [0.2, 0.25) is 0 Å². The van der Waals surface area contributed by atoms with Crippen molar-refractivity contribution in [3.8, 4) is 5.69 Å². The number of aromatic nitrogens is 2. The summed E-state index contributed by atoms with van der Waals surface area (Å²) in [5.41, 5.74) is 3.89. The first-order chi connectivity index (χ1) is 10.2. The summed E-state index contributed by atoms with van der Waals surface area (Å²) in [4.78, 5) is 0. The first kappa shape index (κ1) is 13.4. The molecule has 1 N–H and O–H groups in total. The van der Waals surface area contributed by atoms with E-state index < -0.39 is 0 Å². The Labute approximate surface area is 123 Å². The largest absolute Gasteiger partial charge is 0.381 e. The molecule has 0 saturated heterocycles. The molecule has 0 fully saturated rings. The molecule has 3 aromatic rings. The number of hydrogen-bond donors (Lipinski definition) is 1. The summed E-state index contributed by atoms with van der Waals surface area (Å²) >= 11 is 0. The fourth-order valence-corrected chi connectivity index (χ4v) is 2.16. The number of rotatable bonds is 4. The molecule has 0 aliphatic carbocycles. The topological polar surface area (TPSA) is 29.9 Å². The molecule has 0 saturated carbocycles. The zero-order chi connectivity index (χ0) is 14.7. The minimum atomic E-state index is -0.233. The molecule has 0 unspecified atom stereocenters. The quantitative estimate of drug-likeness (QED) is 0.785. The Balaban J connectivity index is 1.72. The summed E-state index contributed by atoms with van der Waals surface area (Å²) in [5, 5.41) is 7.58. The highest BCUT2D eigenvalue weighted by molar-refractivity contribution is 5.51. The Morgan fingerprint density at radius 1 is 1.14 bits per heavy atom. The average molecular weight is 281 g/mol. The van der Waals surface area contributed by atoms with E-state index in [0.717, 1.165) is 22.5 Å². The molecular weight excluding hydrogens is 265 g/mol. The van der Waals surface area contributed by atoms with Crippen LogP contribution in [0.1, 0.15) is 11.1 Å². The molecule has 4 heteroatoms. The summed E-state index contributed by atoms with van der Waals surface area (Å²) in [6.07, 6.45) is 3.78. The fourth-order valence-electron chi connectivity index (χ4n) is 2.16. The van der Waals surface area contributed by atoms with Crippen LogP contribution >= 0.6 is 0 Å². The summed E-state index contributed by atoms with van der Waals surface area (Å²) < 4.78 is 15.1. The van der Waals surface area contributed by atoms with Gasteiger partial charge in [0.05, 0.1) is 11.9 Å². The van der Waals surface area contributed by atoms with E-state index >= 15 is 0 Å². The van der Waals surface area contributed by atoms with E-state index in [9.17, 15) is 4.39 Å². The molecule has 0 radical (unpaired) electrons. The first-order valence-corrected chi connectivity index (χ1v) is 6.81. The second-order valence-electron chi connectivity index (χ2n) is 4.94. The molecule has 2 aromatic carbocycles. The van der Waals surface area contributed by atoms with E-state index in [0.29, 0.717) is 6.54 Å². The second-order valence-corrected chi connectivity index (χ2v) is 4.94. The van der Waals surface area contributed by atoms with Crippen molar-refractivity contribution in [2.75, 3.05) is 5.32 Å². The molecule has 3 nitrogen and oxygen atoms in total. The maximum atomic E-state index is 13.2. The third-order valence-electron chi connectivity index (χ3n) is 3.34. The number of anilines is 1. The predicted octanol–water partition coefficient (Wildman–Crippen LogP) is 3.93. The van der Waals surface area contributed by atoms with Crippen molar-refractivity contribution in [3.05, 3.63) is 77.9 Å². The molecule has 0 aliphatic rings. The number of para-hydroxylation sites is 1.